The summed E-state index contributed by atoms with van der Waals surface area (Å²) >= 11 is 0. The van der Waals surface area contributed by atoms with E-state index >= 15 is 0 Å². The van der Waals surface area contributed by atoms with Crippen molar-refractivity contribution in [1.29, 1.82) is 0 Å². The van der Waals surface area contributed by atoms with Crippen molar-refractivity contribution >= 4 is 16.8 Å². The lowest BCUT2D eigenvalue weighted by Crippen LogP contribution is -2.28. The van der Waals surface area contributed by atoms with Crippen molar-refractivity contribution in [2.24, 2.45) is 0 Å². The number of nitrogens with zero attached hydrogens (tertiary/aromatic N) is 1. The maximum absolute atomic E-state index is 13.4. The van der Waals surface area contributed by atoms with Crippen LogP contribution in [0.15, 0.2) is 60.8 Å². The minimum Gasteiger partial charge on any atom is -0.481 e. The molecule has 1 N–H and O–H groups in total. The monoisotopic (exact) mass is 310 g/mol. The first-order valence-electron chi connectivity index (χ1n) is 7.21. The van der Waals surface area contributed by atoms with Crippen LogP contribution < -0.4 is 10.1 Å². The third-order valence-corrected chi connectivity index (χ3v) is 3.41. The summed E-state index contributed by atoms with van der Waals surface area (Å²) in [7, 11) is 0. The predicted octanol–water partition coefficient (Wildman–Crippen LogP) is 3.07. The van der Waals surface area contributed by atoms with Gasteiger partial charge in [0.1, 0.15) is 0 Å². The largest absolute Gasteiger partial charge is 0.481 e. The molecule has 0 radical (unpaired) electrons. The van der Waals surface area contributed by atoms with Gasteiger partial charge in [-0.25, -0.2) is 4.39 Å². The molecule has 0 atom stereocenters. The quantitative estimate of drug-likeness (QED) is 0.788. The van der Waals surface area contributed by atoms with Gasteiger partial charge >= 0.3 is 0 Å². The van der Waals surface area contributed by atoms with Gasteiger partial charge in [-0.3, -0.25) is 9.78 Å². The van der Waals surface area contributed by atoms with Crippen molar-refractivity contribution in [1.82, 2.24) is 10.3 Å². The molecule has 1 amide bonds. The Morgan fingerprint density at radius 2 is 1.87 bits per heavy atom. The van der Waals surface area contributed by atoms with Crippen LogP contribution in [0.3, 0.4) is 0 Å². The fourth-order valence-electron chi connectivity index (χ4n) is 2.26. The minimum atomic E-state index is -0.486. The van der Waals surface area contributed by atoms with E-state index in [2.05, 4.69) is 10.3 Å². The molecular weight excluding hydrogens is 295 g/mol. The van der Waals surface area contributed by atoms with E-state index in [-0.39, 0.29) is 18.3 Å². The fourth-order valence-corrected chi connectivity index (χ4v) is 2.26. The molecule has 3 aromatic rings. The topological polar surface area (TPSA) is 51.2 Å². The standard InChI is InChI=1S/C18H15FN2O2/c19-15-6-2-4-8-17(15)23-12-18(22)21-11-13-9-10-20-16-7-3-1-5-14(13)16/h1-10H,11-12H2,(H,21,22). The Hall–Kier alpha value is -2.95. The van der Waals surface area contributed by atoms with Crippen molar-refractivity contribution in [3.05, 3.63) is 72.2 Å². The third kappa shape index (κ3) is 3.63. The number of carbonyl (C=O) groups is 1. The Morgan fingerprint density at radius 1 is 1.09 bits per heavy atom. The van der Waals surface area contributed by atoms with Gasteiger partial charge in [0.05, 0.1) is 5.52 Å². The minimum absolute atomic E-state index is 0.0667. The number of hydrogen-bond donors (Lipinski definition) is 1. The van der Waals surface area contributed by atoms with Gasteiger partial charge in [0.25, 0.3) is 5.91 Å². The first-order valence-corrected chi connectivity index (χ1v) is 7.21. The van der Waals surface area contributed by atoms with E-state index in [1.54, 1.807) is 18.3 Å². The molecule has 0 spiro atoms. The molecule has 0 unspecified atom stereocenters. The summed E-state index contributed by atoms with van der Waals surface area (Å²) in [6.45, 7) is 0.131. The summed E-state index contributed by atoms with van der Waals surface area (Å²) in [5.74, 6) is -0.730. The summed E-state index contributed by atoms with van der Waals surface area (Å²) in [6.07, 6.45) is 1.71. The Kier molecular flexibility index (Phi) is 4.47. The number of nitrogens with one attached hydrogen (secondary N) is 1. The molecule has 1 heterocycles. The van der Waals surface area contributed by atoms with Gasteiger partial charge < -0.3 is 10.1 Å². The van der Waals surface area contributed by atoms with Crippen molar-refractivity contribution in [2.75, 3.05) is 6.61 Å². The number of para-hydroxylation sites is 2. The molecule has 0 saturated heterocycles. The Balaban J connectivity index is 1.59. The summed E-state index contributed by atoms with van der Waals surface area (Å²) in [4.78, 5) is 16.1. The molecule has 0 aliphatic heterocycles. The van der Waals surface area contributed by atoms with Crippen LogP contribution in [-0.2, 0) is 11.3 Å². The number of pyridine rings is 1. The van der Waals surface area contributed by atoms with E-state index in [0.29, 0.717) is 6.54 Å². The molecule has 23 heavy (non-hydrogen) atoms. The zero-order chi connectivity index (χ0) is 16.1. The number of hydrogen-bond acceptors (Lipinski definition) is 3. The predicted molar refractivity (Wildman–Crippen MR) is 85.5 cm³/mol. The van der Waals surface area contributed by atoms with Crippen LogP contribution in [0.2, 0.25) is 0 Å². The molecule has 4 nitrogen and oxygen atoms in total. The zero-order valence-electron chi connectivity index (χ0n) is 12.3. The smallest absolute Gasteiger partial charge is 0.258 e. The molecule has 0 aliphatic carbocycles. The summed E-state index contributed by atoms with van der Waals surface area (Å²) < 4.78 is 18.6. The van der Waals surface area contributed by atoms with Gasteiger partial charge in [-0.1, -0.05) is 30.3 Å². The second kappa shape index (κ2) is 6.87. The SMILES string of the molecule is O=C(COc1ccccc1F)NCc1ccnc2ccccc12. The van der Waals surface area contributed by atoms with Crippen LogP contribution >= 0.6 is 0 Å². The Bertz CT molecular complexity index is 831. The van der Waals surface area contributed by atoms with E-state index in [1.165, 1.54) is 12.1 Å². The van der Waals surface area contributed by atoms with Crippen molar-refractivity contribution < 1.29 is 13.9 Å². The number of carbonyl (C=O) groups excluding carboxylic acids is 1. The molecule has 3 rings (SSSR count). The second-order valence-corrected chi connectivity index (χ2v) is 4.98. The fraction of sp³-hybridized carbons (Fsp3) is 0.111. The van der Waals surface area contributed by atoms with Crippen LogP contribution in [0, 0.1) is 5.82 Å². The molecule has 5 heteroatoms. The second-order valence-electron chi connectivity index (χ2n) is 4.98. The lowest BCUT2D eigenvalue weighted by molar-refractivity contribution is -0.123. The van der Waals surface area contributed by atoms with Crippen LogP contribution in [0.1, 0.15) is 5.56 Å². The van der Waals surface area contributed by atoms with Crippen molar-refractivity contribution in [2.45, 2.75) is 6.54 Å². The van der Waals surface area contributed by atoms with Crippen molar-refractivity contribution in [3.8, 4) is 5.75 Å². The average Bonchev–Trinajstić information content (AvgIpc) is 2.59. The Morgan fingerprint density at radius 3 is 2.74 bits per heavy atom. The Labute approximate surface area is 132 Å². The lowest BCUT2D eigenvalue weighted by atomic mass is 10.1. The molecule has 1 aromatic heterocycles. The number of aromatic nitrogens is 1. The van der Waals surface area contributed by atoms with Crippen LogP contribution in [0.25, 0.3) is 10.9 Å². The van der Waals surface area contributed by atoms with Gasteiger partial charge in [-0.15, -0.1) is 0 Å². The van der Waals surface area contributed by atoms with Gasteiger partial charge in [0.2, 0.25) is 0 Å². The van der Waals surface area contributed by atoms with Gasteiger partial charge in [0, 0.05) is 18.1 Å². The molecule has 0 aliphatic rings. The van der Waals surface area contributed by atoms with Crippen molar-refractivity contribution in [3.63, 3.8) is 0 Å². The summed E-state index contributed by atoms with van der Waals surface area (Å²) in [6, 6.07) is 15.6. The highest BCUT2D eigenvalue weighted by molar-refractivity contribution is 5.83. The van der Waals surface area contributed by atoms with Gasteiger partial charge in [-0.2, -0.15) is 0 Å². The highest BCUT2D eigenvalue weighted by atomic mass is 19.1. The molecule has 2 aromatic carbocycles. The highest BCUT2D eigenvalue weighted by Gasteiger charge is 2.07. The number of fused-ring (bicyclic) bond motifs is 1. The first kappa shape index (κ1) is 15.0. The van der Waals surface area contributed by atoms with Crippen LogP contribution in [0.5, 0.6) is 5.75 Å². The van der Waals surface area contributed by atoms with E-state index in [9.17, 15) is 9.18 Å². The van der Waals surface area contributed by atoms with E-state index in [4.69, 9.17) is 4.74 Å². The molecule has 0 bridgehead atoms. The van der Waals surface area contributed by atoms with E-state index in [1.807, 2.05) is 30.3 Å². The van der Waals surface area contributed by atoms with E-state index in [0.717, 1.165) is 16.5 Å². The maximum Gasteiger partial charge on any atom is 0.258 e. The van der Waals surface area contributed by atoms with Gasteiger partial charge in [0.15, 0.2) is 18.2 Å². The molecule has 0 saturated carbocycles. The first-order chi connectivity index (χ1) is 11.2. The third-order valence-electron chi connectivity index (χ3n) is 3.41. The van der Waals surface area contributed by atoms with E-state index < -0.39 is 5.82 Å². The lowest BCUT2D eigenvalue weighted by Gasteiger charge is -2.09. The number of halogens is 1. The highest BCUT2D eigenvalue weighted by Crippen LogP contribution is 2.16. The molecule has 116 valence electrons. The maximum atomic E-state index is 13.4. The average molecular weight is 310 g/mol. The van der Waals surface area contributed by atoms with Crippen LogP contribution in [0.4, 0.5) is 4.39 Å². The van der Waals surface area contributed by atoms with Crippen LogP contribution in [-0.4, -0.2) is 17.5 Å². The number of benzene rings is 2. The zero-order valence-corrected chi connectivity index (χ0v) is 12.3. The molecule has 0 fully saturated rings. The number of rotatable bonds is 5. The molecular formula is C18H15FN2O2. The summed E-state index contributed by atoms with van der Waals surface area (Å²) in [5.41, 5.74) is 1.84. The summed E-state index contributed by atoms with van der Waals surface area (Å²) in [5, 5.41) is 3.76. The normalized spacial score (nSPS) is 10.5. The number of amides is 1. The van der Waals surface area contributed by atoms with Gasteiger partial charge in [-0.05, 0) is 29.8 Å². The number of ether oxygens (including phenoxy) is 1.